The van der Waals surface area contributed by atoms with Crippen LogP contribution < -0.4 is 0 Å². The van der Waals surface area contributed by atoms with Crippen molar-refractivity contribution in [2.24, 2.45) is 39.4 Å². The van der Waals surface area contributed by atoms with Gasteiger partial charge in [-0.15, -0.1) is 0 Å². The summed E-state index contributed by atoms with van der Waals surface area (Å²) >= 11 is 0. The first-order chi connectivity index (χ1) is 13.5. The fraction of sp³-hybridized carbons (Fsp3) is 0.846. The number of fused-ring (bicyclic) bond motifs is 2. The van der Waals surface area contributed by atoms with Crippen LogP contribution in [0.5, 0.6) is 0 Å². The van der Waals surface area contributed by atoms with Crippen molar-refractivity contribution in [3.8, 4) is 0 Å². The van der Waals surface area contributed by atoms with Gasteiger partial charge in [0.25, 0.3) is 0 Å². The van der Waals surface area contributed by atoms with Crippen LogP contribution in [-0.2, 0) is 9.53 Å². The molecule has 1 heterocycles. The van der Waals surface area contributed by atoms with Crippen LogP contribution in [-0.4, -0.2) is 36.5 Å². The van der Waals surface area contributed by atoms with Crippen LogP contribution in [0.25, 0.3) is 0 Å². The molecule has 29 heavy (non-hydrogen) atoms. The number of ether oxygens (including phenoxy) is 1. The number of nitrogens with zero attached hydrogens (tertiary/aromatic N) is 1. The minimum atomic E-state index is -0.459. The summed E-state index contributed by atoms with van der Waals surface area (Å²) < 4.78 is 8.88. The zero-order valence-corrected chi connectivity index (χ0v) is 19.2. The Hall–Kier alpha value is -1.12. The first kappa shape index (κ1) is 19.8. The molecule has 0 radical (unpaired) electrons. The van der Waals surface area contributed by atoms with Gasteiger partial charge in [-0.2, -0.15) is 0 Å². The summed E-state index contributed by atoms with van der Waals surface area (Å²) in [6.45, 7) is 14.2. The molecule has 160 valence electrons. The number of rotatable bonds is 1. The molecule has 0 amide bonds. The summed E-state index contributed by atoms with van der Waals surface area (Å²) in [5.41, 5.74) is 1.61. The largest absolute Gasteiger partial charge is 0.457 e. The SMILES string of the molecule is C=C1C2CCC3(CCC4C5(C)CCCC4(C=[N+](C)C5)C3C2)C1OC(=O)C(C)(C)C. The van der Waals surface area contributed by atoms with E-state index in [1.54, 1.807) is 0 Å². The molecule has 0 aromatic rings. The van der Waals surface area contributed by atoms with Crippen molar-refractivity contribution in [2.75, 3.05) is 13.6 Å². The van der Waals surface area contributed by atoms with Crippen LogP contribution in [0, 0.1) is 39.4 Å². The lowest BCUT2D eigenvalue weighted by molar-refractivity contribution is -0.531. The molecule has 7 unspecified atom stereocenters. The average molecular weight is 399 g/mol. The second kappa shape index (κ2) is 5.98. The molecule has 3 nitrogen and oxygen atoms in total. The number of carbonyl (C=O) groups is 1. The number of carbonyl (C=O) groups excluding carboxylic acids is 1. The standard InChI is InChI=1S/C26H40NO2/c1-17-18-8-12-25(21(17)29-22(28)23(2,3)4)13-9-19-24(5)10-7-11-26(19,20(25)14-18)16-27(6)15-24/h16,18-21H,1,7-15H2,2-6H3/q+1. The van der Waals surface area contributed by atoms with Gasteiger partial charge in [0.05, 0.1) is 10.8 Å². The summed E-state index contributed by atoms with van der Waals surface area (Å²) in [6.07, 6.45) is 12.8. The van der Waals surface area contributed by atoms with Crippen LogP contribution in [0.1, 0.15) is 79.1 Å². The van der Waals surface area contributed by atoms with E-state index >= 15 is 0 Å². The quantitative estimate of drug-likeness (QED) is 0.344. The van der Waals surface area contributed by atoms with E-state index in [9.17, 15) is 4.79 Å². The van der Waals surface area contributed by atoms with Gasteiger partial charge in [0.15, 0.2) is 0 Å². The molecule has 5 fully saturated rings. The third-order valence-corrected chi connectivity index (χ3v) is 9.86. The third-order valence-electron chi connectivity index (χ3n) is 9.86. The molecular formula is C26H40NO2+. The maximum atomic E-state index is 12.9. The highest BCUT2D eigenvalue weighted by Crippen LogP contribution is 2.72. The Morgan fingerprint density at radius 1 is 1.17 bits per heavy atom. The lowest BCUT2D eigenvalue weighted by Gasteiger charge is -2.69. The van der Waals surface area contributed by atoms with Gasteiger partial charge in [-0.1, -0.05) is 19.9 Å². The van der Waals surface area contributed by atoms with E-state index in [0.29, 0.717) is 22.7 Å². The Morgan fingerprint density at radius 2 is 1.90 bits per heavy atom. The first-order valence-electron chi connectivity index (χ1n) is 12.0. The van der Waals surface area contributed by atoms with E-state index in [2.05, 4.69) is 31.3 Å². The highest BCUT2D eigenvalue weighted by Gasteiger charge is 2.71. The molecule has 5 saturated carbocycles. The summed E-state index contributed by atoms with van der Waals surface area (Å²) in [5, 5.41) is 0. The number of esters is 1. The maximum absolute atomic E-state index is 12.9. The molecule has 4 bridgehead atoms. The highest BCUT2D eigenvalue weighted by molar-refractivity contribution is 5.76. The van der Waals surface area contributed by atoms with Gasteiger partial charge < -0.3 is 4.74 Å². The topological polar surface area (TPSA) is 29.3 Å². The second-order valence-corrected chi connectivity index (χ2v) is 12.6. The summed E-state index contributed by atoms with van der Waals surface area (Å²) in [6, 6.07) is 0. The van der Waals surface area contributed by atoms with Crippen molar-refractivity contribution < 1.29 is 14.1 Å². The fourth-order valence-corrected chi connectivity index (χ4v) is 8.85. The zero-order chi connectivity index (χ0) is 20.8. The molecule has 1 aliphatic heterocycles. The van der Waals surface area contributed by atoms with Gasteiger partial charge in [-0.05, 0) is 89.0 Å². The monoisotopic (exact) mass is 398 g/mol. The molecule has 7 atom stereocenters. The van der Waals surface area contributed by atoms with Crippen molar-refractivity contribution in [3.63, 3.8) is 0 Å². The lowest BCUT2D eigenvalue weighted by atomic mass is 9.35. The predicted molar refractivity (Wildman–Crippen MR) is 116 cm³/mol. The normalized spacial score (nSPS) is 48.4. The van der Waals surface area contributed by atoms with E-state index in [1.165, 1.54) is 63.5 Å². The molecule has 0 aromatic heterocycles. The Bertz CT molecular complexity index is 791. The Balaban J connectivity index is 1.59. The smallest absolute Gasteiger partial charge is 0.311 e. The molecular weight excluding hydrogens is 358 g/mol. The summed E-state index contributed by atoms with van der Waals surface area (Å²) in [5.74, 6) is 1.91. The predicted octanol–water partition coefficient (Wildman–Crippen LogP) is 5.23. The molecule has 0 saturated heterocycles. The van der Waals surface area contributed by atoms with Crippen LogP contribution in [0.3, 0.4) is 0 Å². The van der Waals surface area contributed by atoms with E-state index in [1.807, 2.05) is 20.8 Å². The fourth-order valence-electron chi connectivity index (χ4n) is 8.85. The summed E-state index contributed by atoms with van der Waals surface area (Å²) in [7, 11) is 2.29. The van der Waals surface area contributed by atoms with E-state index < -0.39 is 5.41 Å². The number of hydrogen-bond acceptors (Lipinski definition) is 2. The van der Waals surface area contributed by atoms with Crippen molar-refractivity contribution in [2.45, 2.75) is 85.2 Å². The summed E-state index contributed by atoms with van der Waals surface area (Å²) in [4.78, 5) is 12.9. The molecule has 0 N–H and O–H groups in total. The lowest BCUT2D eigenvalue weighted by Crippen LogP contribution is -2.68. The Morgan fingerprint density at radius 3 is 2.62 bits per heavy atom. The average Bonchev–Trinajstić information content (AvgIpc) is 2.62. The second-order valence-electron chi connectivity index (χ2n) is 12.6. The van der Waals surface area contributed by atoms with Crippen LogP contribution in [0.4, 0.5) is 0 Å². The van der Waals surface area contributed by atoms with Gasteiger partial charge in [0.2, 0.25) is 0 Å². The minimum absolute atomic E-state index is 0.0535. The van der Waals surface area contributed by atoms with E-state index in [0.717, 1.165) is 5.92 Å². The molecule has 6 rings (SSSR count). The van der Waals surface area contributed by atoms with Gasteiger partial charge in [0.1, 0.15) is 25.9 Å². The van der Waals surface area contributed by atoms with Gasteiger partial charge >= 0.3 is 5.97 Å². The van der Waals surface area contributed by atoms with Crippen LogP contribution in [0.2, 0.25) is 0 Å². The molecule has 5 aliphatic carbocycles. The number of hydrogen-bond donors (Lipinski definition) is 0. The zero-order valence-electron chi connectivity index (χ0n) is 19.2. The molecule has 3 heteroatoms. The highest BCUT2D eigenvalue weighted by atomic mass is 16.5. The van der Waals surface area contributed by atoms with Crippen LogP contribution >= 0.6 is 0 Å². The van der Waals surface area contributed by atoms with Crippen LogP contribution in [0.15, 0.2) is 12.2 Å². The molecule has 0 aromatic carbocycles. The van der Waals surface area contributed by atoms with E-state index in [-0.39, 0.29) is 17.5 Å². The molecule has 1 spiro atoms. The maximum Gasteiger partial charge on any atom is 0.311 e. The van der Waals surface area contributed by atoms with Crippen molar-refractivity contribution in [1.29, 1.82) is 0 Å². The molecule has 6 aliphatic rings. The van der Waals surface area contributed by atoms with Crippen molar-refractivity contribution in [1.82, 2.24) is 0 Å². The first-order valence-corrected chi connectivity index (χ1v) is 12.0. The minimum Gasteiger partial charge on any atom is -0.457 e. The van der Waals surface area contributed by atoms with Crippen molar-refractivity contribution >= 4 is 12.2 Å². The van der Waals surface area contributed by atoms with Crippen molar-refractivity contribution in [3.05, 3.63) is 12.2 Å². The van der Waals surface area contributed by atoms with Gasteiger partial charge in [-0.3, -0.25) is 4.79 Å². The Kier molecular flexibility index (Phi) is 4.09. The van der Waals surface area contributed by atoms with Gasteiger partial charge in [-0.25, -0.2) is 4.58 Å². The Labute approximate surface area is 177 Å². The van der Waals surface area contributed by atoms with E-state index in [4.69, 9.17) is 4.74 Å². The van der Waals surface area contributed by atoms with Gasteiger partial charge in [0, 0.05) is 10.8 Å². The third kappa shape index (κ3) is 2.54.